The second-order valence-electron chi connectivity index (χ2n) is 17.7. The van der Waals surface area contributed by atoms with Gasteiger partial charge in [-0.1, -0.05) is 277 Å². The summed E-state index contributed by atoms with van der Waals surface area (Å²) < 4.78 is 0. The Hall–Kier alpha value is -1.06. The highest BCUT2D eigenvalue weighted by Crippen LogP contribution is 2.25. The van der Waals surface area contributed by atoms with Crippen LogP contribution in [0.5, 0.6) is 0 Å². The van der Waals surface area contributed by atoms with Gasteiger partial charge in [0, 0.05) is 12.8 Å². The van der Waals surface area contributed by atoms with Gasteiger partial charge in [0.25, 0.3) is 0 Å². The summed E-state index contributed by atoms with van der Waals surface area (Å²) in [4.78, 5) is 21.1. The molecule has 0 amide bonds. The largest absolute Gasteiger partial charge is 0.481 e. The molecule has 0 fully saturated rings. The summed E-state index contributed by atoms with van der Waals surface area (Å²) in [6.45, 7) is 2.35. The molecule has 0 heterocycles. The predicted molar refractivity (Wildman–Crippen MR) is 237 cm³/mol. The molecule has 0 saturated carbocycles. The van der Waals surface area contributed by atoms with E-state index in [1.54, 1.807) is 0 Å². The smallest absolute Gasteiger partial charge is 0.303 e. The van der Waals surface area contributed by atoms with Crippen molar-refractivity contribution in [3.63, 3.8) is 0 Å². The van der Waals surface area contributed by atoms with Crippen LogP contribution in [-0.4, -0.2) is 22.2 Å². The Balaban J connectivity index is 3.48. The number of hydrogen-bond donors (Lipinski definition) is 2. The van der Waals surface area contributed by atoms with Crippen LogP contribution in [0.25, 0.3) is 0 Å². The highest BCUT2D eigenvalue weighted by Gasteiger charge is 2.09. The van der Waals surface area contributed by atoms with Gasteiger partial charge in [0.15, 0.2) is 0 Å². The summed E-state index contributed by atoms with van der Waals surface area (Å²) in [7, 11) is 0. The molecule has 0 aromatic heterocycles. The van der Waals surface area contributed by atoms with E-state index in [4.69, 9.17) is 10.2 Å². The number of hydrogen-bond acceptors (Lipinski definition) is 2. The molecule has 0 aromatic rings. The van der Waals surface area contributed by atoms with Gasteiger partial charge in [0.2, 0.25) is 0 Å². The number of carbonyl (C=O) groups is 2. The molecular formula is C50H98O4. The monoisotopic (exact) mass is 763 g/mol. The van der Waals surface area contributed by atoms with Crippen LogP contribution in [0.1, 0.15) is 302 Å². The fourth-order valence-electron chi connectivity index (χ4n) is 8.54. The summed E-state index contributed by atoms with van der Waals surface area (Å²) in [5, 5.41) is 17.4. The van der Waals surface area contributed by atoms with Crippen LogP contribution >= 0.6 is 0 Å². The van der Waals surface area contributed by atoms with Crippen LogP contribution in [-0.2, 0) is 9.59 Å². The van der Waals surface area contributed by atoms with E-state index in [0.29, 0.717) is 12.8 Å². The zero-order valence-corrected chi connectivity index (χ0v) is 36.8. The van der Waals surface area contributed by atoms with E-state index in [1.807, 2.05) is 0 Å². The van der Waals surface area contributed by atoms with Crippen molar-refractivity contribution in [1.29, 1.82) is 0 Å². The van der Waals surface area contributed by atoms with Gasteiger partial charge in [0.05, 0.1) is 0 Å². The van der Waals surface area contributed by atoms with Crippen molar-refractivity contribution in [3.8, 4) is 0 Å². The molecule has 0 aliphatic heterocycles. The molecule has 0 saturated heterocycles. The van der Waals surface area contributed by atoms with Crippen LogP contribution < -0.4 is 0 Å². The maximum absolute atomic E-state index is 10.5. The number of unbranched alkanes of at least 4 members (excludes halogenated alkanes) is 38. The highest BCUT2D eigenvalue weighted by atomic mass is 16.4. The molecule has 0 bridgehead atoms. The first-order valence-corrected chi connectivity index (χ1v) is 25.0. The first-order chi connectivity index (χ1) is 26.6. The maximum Gasteiger partial charge on any atom is 0.303 e. The molecule has 0 rings (SSSR count). The molecular weight excluding hydrogens is 665 g/mol. The predicted octanol–water partition coefficient (Wildman–Crippen LogP) is 17.7. The Morgan fingerprint density at radius 2 is 0.444 bits per heavy atom. The Labute approximate surface area is 339 Å². The molecule has 0 atom stereocenters. The van der Waals surface area contributed by atoms with E-state index in [9.17, 15) is 9.59 Å². The first-order valence-electron chi connectivity index (χ1n) is 25.0. The lowest BCUT2D eigenvalue weighted by atomic mass is 9.89. The average molecular weight is 763 g/mol. The van der Waals surface area contributed by atoms with Crippen molar-refractivity contribution < 1.29 is 19.8 Å². The van der Waals surface area contributed by atoms with Crippen molar-refractivity contribution >= 4 is 11.9 Å². The fourth-order valence-corrected chi connectivity index (χ4v) is 8.54. The molecule has 0 aliphatic rings. The van der Waals surface area contributed by atoms with E-state index in [1.165, 1.54) is 257 Å². The lowest BCUT2D eigenvalue weighted by Crippen LogP contribution is -2.01. The quantitative estimate of drug-likeness (QED) is 0.0605. The molecule has 4 heteroatoms. The number of rotatable bonds is 48. The SMILES string of the molecule is CCCCCC(CCCCCCCCCCCCCCCCCCCCCC(=O)O)CCCCCCCCCCCCCCCCCCCCCC(=O)O. The van der Waals surface area contributed by atoms with Gasteiger partial charge in [-0.3, -0.25) is 9.59 Å². The molecule has 0 radical (unpaired) electrons. The molecule has 54 heavy (non-hydrogen) atoms. The minimum atomic E-state index is -0.650. The summed E-state index contributed by atoms with van der Waals surface area (Å²) in [5.74, 6) is -0.300. The Morgan fingerprint density at radius 3 is 0.630 bits per heavy atom. The van der Waals surface area contributed by atoms with E-state index in [0.717, 1.165) is 31.6 Å². The zero-order valence-electron chi connectivity index (χ0n) is 36.8. The van der Waals surface area contributed by atoms with Gasteiger partial charge in [0.1, 0.15) is 0 Å². The maximum atomic E-state index is 10.5. The van der Waals surface area contributed by atoms with Gasteiger partial charge in [-0.25, -0.2) is 0 Å². The zero-order chi connectivity index (χ0) is 39.3. The Kier molecular flexibility index (Phi) is 45.4. The van der Waals surface area contributed by atoms with E-state index in [2.05, 4.69) is 6.92 Å². The molecule has 2 N–H and O–H groups in total. The lowest BCUT2D eigenvalue weighted by molar-refractivity contribution is -0.138. The second kappa shape index (κ2) is 46.3. The van der Waals surface area contributed by atoms with Crippen LogP contribution in [0.2, 0.25) is 0 Å². The van der Waals surface area contributed by atoms with E-state index in [-0.39, 0.29) is 0 Å². The topological polar surface area (TPSA) is 74.6 Å². The number of carboxylic acid groups (broad SMARTS) is 2. The molecule has 0 aliphatic carbocycles. The van der Waals surface area contributed by atoms with E-state index >= 15 is 0 Å². The third-order valence-corrected chi connectivity index (χ3v) is 12.2. The third-order valence-electron chi connectivity index (χ3n) is 12.2. The fraction of sp³-hybridized carbons (Fsp3) is 0.960. The molecule has 4 nitrogen and oxygen atoms in total. The van der Waals surface area contributed by atoms with Crippen LogP contribution in [0.3, 0.4) is 0 Å². The van der Waals surface area contributed by atoms with Crippen molar-refractivity contribution in [1.82, 2.24) is 0 Å². The lowest BCUT2D eigenvalue weighted by Gasteiger charge is -2.17. The average Bonchev–Trinajstić information content (AvgIpc) is 3.15. The van der Waals surface area contributed by atoms with Crippen LogP contribution in [0.4, 0.5) is 0 Å². The first kappa shape index (κ1) is 52.9. The van der Waals surface area contributed by atoms with Gasteiger partial charge in [-0.05, 0) is 18.8 Å². The minimum absolute atomic E-state index is 0.342. The molecule has 0 aromatic carbocycles. The summed E-state index contributed by atoms with van der Waals surface area (Å²) in [5.41, 5.74) is 0. The molecule has 0 spiro atoms. The number of aliphatic carboxylic acids is 2. The standard InChI is InChI=1S/C50H98O4/c1-2-3-38-43-48(44-39-34-30-26-22-18-14-10-6-4-8-12-16-20-24-28-32-36-41-46-49(51)52)45-40-35-31-27-23-19-15-11-7-5-9-13-17-21-25-29-33-37-42-47-50(53)54/h48H,2-47H2,1H3,(H,51,52)(H,53,54). The highest BCUT2D eigenvalue weighted by molar-refractivity contribution is 5.66. The normalized spacial score (nSPS) is 11.6. The van der Waals surface area contributed by atoms with Crippen molar-refractivity contribution in [2.45, 2.75) is 302 Å². The second-order valence-corrected chi connectivity index (χ2v) is 17.7. The van der Waals surface area contributed by atoms with Gasteiger partial charge in [-0.15, -0.1) is 0 Å². The van der Waals surface area contributed by atoms with Gasteiger partial charge >= 0.3 is 11.9 Å². The summed E-state index contributed by atoms with van der Waals surface area (Å²) in [6.07, 6.45) is 61.2. The van der Waals surface area contributed by atoms with E-state index < -0.39 is 11.9 Å². The number of carboxylic acids is 2. The van der Waals surface area contributed by atoms with Crippen molar-refractivity contribution in [3.05, 3.63) is 0 Å². The van der Waals surface area contributed by atoms with Gasteiger partial charge in [-0.2, -0.15) is 0 Å². The van der Waals surface area contributed by atoms with Crippen molar-refractivity contribution in [2.24, 2.45) is 5.92 Å². The Morgan fingerprint density at radius 1 is 0.278 bits per heavy atom. The summed E-state index contributed by atoms with van der Waals surface area (Å²) >= 11 is 0. The summed E-state index contributed by atoms with van der Waals surface area (Å²) in [6, 6.07) is 0. The van der Waals surface area contributed by atoms with Gasteiger partial charge < -0.3 is 10.2 Å². The third kappa shape index (κ3) is 47.1. The molecule has 322 valence electrons. The van der Waals surface area contributed by atoms with Crippen LogP contribution in [0.15, 0.2) is 0 Å². The Bertz CT molecular complexity index is 680. The van der Waals surface area contributed by atoms with Crippen LogP contribution in [0, 0.1) is 5.92 Å². The minimum Gasteiger partial charge on any atom is -0.481 e. The molecule has 0 unspecified atom stereocenters. The van der Waals surface area contributed by atoms with Crippen molar-refractivity contribution in [2.75, 3.05) is 0 Å².